The molecule has 0 spiro atoms. The molecule has 0 saturated carbocycles. The highest BCUT2D eigenvalue weighted by atomic mass is 32.1. The highest BCUT2D eigenvalue weighted by Gasteiger charge is 2.33. The standard InChI is InChI=1S/C18H22F3N5O2S/c1-3-22-17(25-10-15-26-14(11-29-15)18(19,20)21)24-9-8-23-16(27)12-4-6-13(28-2)7-5-12/h4-7,11H,3,8-10H2,1-2H3,(H,23,27)(H2,22,24,25). The van der Waals surface area contributed by atoms with E-state index in [0.717, 1.165) is 16.7 Å². The van der Waals surface area contributed by atoms with Crippen LogP contribution in [0.4, 0.5) is 13.2 Å². The smallest absolute Gasteiger partial charge is 0.434 e. The van der Waals surface area contributed by atoms with Crippen molar-refractivity contribution in [2.24, 2.45) is 4.99 Å². The molecule has 2 aromatic rings. The van der Waals surface area contributed by atoms with Crippen LogP contribution in [0.25, 0.3) is 0 Å². The average Bonchev–Trinajstić information content (AvgIpc) is 3.18. The van der Waals surface area contributed by atoms with Crippen LogP contribution in [0.5, 0.6) is 5.75 Å². The van der Waals surface area contributed by atoms with Crippen LogP contribution in [0.1, 0.15) is 28.0 Å². The number of rotatable bonds is 8. The number of benzene rings is 1. The molecule has 0 saturated heterocycles. The van der Waals surface area contributed by atoms with Crippen molar-refractivity contribution in [3.05, 3.63) is 45.9 Å². The lowest BCUT2D eigenvalue weighted by Gasteiger charge is -2.11. The number of thiazole rings is 1. The number of alkyl halides is 3. The molecule has 0 atom stereocenters. The van der Waals surface area contributed by atoms with Crippen LogP contribution in [0, 0.1) is 0 Å². The zero-order valence-corrected chi connectivity index (χ0v) is 16.8. The van der Waals surface area contributed by atoms with Crippen LogP contribution in [0.15, 0.2) is 34.6 Å². The third-order valence-corrected chi connectivity index (χ3v) is 4.45. The first kappa shape index (κ1) is 22.5. The molecule has 1 aromatic carbocycles. The fraction of sp³-hybridized carbons (Fsp3) is 0.389. The minimum Gasteiger partial charge on any atom is -0.497 e. The molecule has 0 aliphatic rings. The maximum absolute atomic E-state index is 12.6. The molecule has 0 radical (unpaired) electrons. The van der Waals surface area contributed by atoms with Crippen LogP contribution in [-0.2, 0) is 12.7 Å². The molecule has 0 fully saturated rings. The molecule has 7 nitrogen and oxygen atoms in total. The minimum absolute atomic E-state index is 0.0221. The Labute approximate surface area is 170 Å². The topological polar surface area (TPSA) is 87.6 Å². The van der Waals surface area contributed by atoms with E-state index in [9.17, 15) is 18.0 Å². The molecule has 0 aliphatic carbocycles. The Bertz CT molecular complexity index is 822. The van der Waals surface area contributed by atoms with Gasteiger partial charge in [-0.3, -0.25) is 4.79 Å². The van der Waals surface area contributed by atoms with Gasteiger partial charge in [-0.05, 0) is 31.2 Å². The molecular formula is C18H22F3N5O2S. The molecule has 29 heavy (non-hydrogen) atoms. The zero-order chi connectivity index (χ0) is 21.3. The van der Waals surface area contributed by atoms with Gasteiger partial charge in [0.25, 0.3) is 5.91 Å². The number of aliphatic imine (C=N–C) groups is 1. The van der Waals surface area contributed by atoms with Crippen molar-refractivity contribution in [3.63, 3.8) is 0 Å². The monoisotopic (exact) mass is 429 g/mol. The van der Waals surface area contributed by atoms with Gasteiger partial charge in [-0.1, -0.05) is 0 Å². The van der Waals surface area contributed by atoms with Gasteiger partial charge in [-0.25, -0.2) is 9.98 Å². The second-order valence-corrected chi connectivity index (χ2v) is 6.67. The van der Waals surface area contributed by atoms with Gasteiger partial charge in [0.2, 0.25) is 0 Å². The summed E-state index contributed by atoms with van der Waals surface area (Å²) in [5.74, 6) is 0.867. The van der Waals surface area contributed by atoms with Gasteiger partial charge in [0, 0.05) is 30.6 Å². The van der Waals surface area contributed by atoms with Crippen molar-refractivity contribution < 1.29 is 22.7 Å². The summed E-state index contributed by atoms with van der Waals surface area (Å²) in [5, 5.41) is 10.0. The van der Waals surface area contributed by atoms with E-state index in [2.05, 4.69) is 25.9 Å². The second kappa shape index (κ2) is 10.6. The van der Waals surface area contributed by atoms with Gasteiger partial charge in [-0.2, -0.15) is 13.2 Å². The van der Waals surface area contributed by atoms with E-state index in [-0.39, 0.29) is 17.5 Å². The molecule has 0 bridgehead atoms. The maximum atomic E-state index is 12.6. The zero-order valence-electron chi connectivity index (χ0n) is 16.0. The predicted octanol–water partition coefficient (Wildman–Crippen LogP) is 2.66. The summed E-state index contributed by atoms with van der Waals surface area (Å²) in [4.78, 5) is 19.8. The number of nitrogens with one attached hydrogen (secondary N) is 3. The minimum atomic E-state index is -4.46. The van der Waals surface area contributed by atoms with Gasteiger partial charge in [0.1, 0.15) is 10.8 Å². The fourth-order valence-corrected chi connectivity index (χ4v) is 2.93. The maximum Gasteiger partial charge on any atom is 0.434 e. The summed E-state index contributed by atoms with van der Waals surface area (Å²) < 4.78 is 42.8. The number of methoxy groups -OCH3 is 1. The highest BCUT2D eigenvalue weighted by molar-refractivity contribution is 7.09. The van der Waals surface area contributed by atoms with Gasteiger partial charge >= 0.3 is 6.18 Å². The van der Waals surface area contributed by atoms with E-state index < -0.39 is 11.9 Å². The van der Waals surface area contributed by atoms with Crippen LogP contribution in [-0.4, -0.2) is 43.6 Å². The number of carbonyl (C=O) groups excluding carboxylic acids is 1. The third-order valence-electron chi connectivity index (χ3n) is 3.61. The van der Waals surface area contributed by atoms with E-state index in [1.807, 2.05) is 6.92 Å². The number of nitrogens with zero attached hydrogens (tertiary/aromatic N) is 2. The average molecular weight is 429 g/mol. The lowest BCUT2D eigenvalue weighted by Crippen LogP contribution is -2.41. The number of carbonyl (C=O) groups is 1. The number of halogens is 3. The molecule has 0 aliphatic heterocycles. The number of amides is 1. The Hall–Kier alpha value is -2.82. The first-order chi connectivity index (χ1) is 13.8. The predicted molar refractivity (Wildman–Crippen MR) is 105 cm³/mol. The number of guanidine groups is 1. The van der Waals surface area contributed by atoms with Gasteiger partial charge in [-0.15, -0.1) is 11.3 Å². The first-order valence-electron chi connectivity index (χ1n) is 8.79. The number of aromatic nitrogens is 1. The fourth-order valence-electron chi connectivity index (χ4n) is 2.20. The highest BCUT2D eigenvalue weighted by Crippen LogP contribution is 2.30. The lowest BCUT2D eigenvalue weighted by molar-refractivity contribution is -0.140. The summed E-state index contributed by atoms with van der Waals surface area (Å²) in [6.07, 6.45) is -4.46. The van der Waals surface area contributed by atoms with Gasteiger partial charge in [0.15, 0.2) is 11.7 Å². The van der Waals surface area contributed by atoms with Crippen LogP contribution >= 0.6 is 11.3 Å². The van der Waals surface area contributed by atoms with Crippen molar-refractivity contribution >= 4 is 23.2 Å². The summed E-state index contributed by atoms with van der Waals surface area (Å²) in [6, 6.07) is 6.73. The Kier molecular flexibility index (Phi) is 8.25. The quantitative estimate of drug-likeness (QED) is 0.341. The summed E-state index contributed by atoms with van der Waals surface area (Å²) in [7, 11) is 1.55. The first-order valence-corrected chi connectivity index (χ1v) is 9.67. The van der Waals surface area contributed by atoms with E-state index in [1.54, 1.807) is 31.4 Å². The number of ether oxygens (including phenoxy) is 1. The Morgan fingerprint density at radius 3 is 2.45 bits per heavy atom. The SMILES string of the molecule is CCNC(=NCc1nc(C(F)(F)F)cs1)NCCNC(=O)c1ccc(OC)cc1. The third kappa shape index (κ3) is 7.26. The Morgan fingerprint density at radius 2 is 1.86 bits per heavy atom. The molecule has 11 heteroatoms. The molecule has 1 amide bonds. The van der Waals surface area contributed by atoms with Crippen molar-refractivity contribution in [2.75, 3.05) is 26.7 Å². The normalized spacial score (nSPS) is 11.8. The largest absolute Gasteiger partial charge is 0.497 e. The number of hydrogen-bond donors (Lipinski definition) is 3. The van der Waals surface area contributed by atoms with Crippen molar-refractivity contribution in [1.29, 1.82) is 0 Å². The second-order valence-electron chi connectivity index (χ2n) is 5.73. The molecule has 3 N–H and O–H groups in total. The molecule has 1 aromatic heterocycles. The van der Waals surface area contributed by atoms with E-state index >= 15 is 0 Å². The Morgan fingerprint density at radius 1 is 1.17 bits per heavy atom. The number of hydrogen-bond acceptors (Lipinski definition) is 5. The van der Waals surface area contributed by atoms with Gasteiger partial charge in [0.05, 0.1) is 13.7 Å². The van der Waals surface area contributed by atoms with Crippen LogP contribution in [0.2, 0.25) is 0 Å². The lowest BCUT2D eigenvalue weighted by atomic mass is 10.2. The van der Waals surface area contributed by atoms with E-state index in [4.69, 9.17) is 4.74 Å². The summed E-state index contributed by atoms with van der Waals surface area (Å²) >= 11 is 0.909. The van der Waals surface area contributed by atoms with Crippen LogP contribution in [0.3, 0.4) is 0 Å². The molecule has 0 unspecified atom stereocenters. The molecule has 1 heterocycles. The van der Waals surface area contributed by atoms with Crippen molar-refractivity contribution in [1.82, 2.24) is 20.9 Å². The van der Waals surface area contributed by atoms with Crippen LogP contribution < -0.4 is 20.7 Å². The van der Waals surface area contributed by atoms with Crippen molar-refractivity contribution in [3.8, 4) is 5.75 Å². The van der Waals surface area contributed by atoms with E-state index in [1.165, 1.54) is 0 Å². The molecule has 158 valence electrons. The van der Waals surface area contributed by atoms with Crippen molar-refractivity contribution in [2.45, 2.75) is 19.6 Å². The molecule has 2 rings (SSSR count). The Balaban J connectivity index is 1.81. The van der Waals surface area contributed by atoms with E-state index in [0.29, 0.717) is 36.9 Å². The molecular weight excluding hydrogens is 407 g/mol. The summed E-state index contributed by atoms with van der Waals surface area (Å²) in [6.45, 7) is 3.20. The summed E-state index contributed by atoms with van der Waals surface area (Å²) in [5.41, 5.74) is -0.400. The van der Waals surface area contributed by atoms with Gasteiger partial charge < -0.3 is 20.7 Å².